The van der Waals surface area contributed by atoms with Gasteiger partial charge in [-0.1, -0.05) is 33.1 Å². The van der Waals surface area contributed by atoms with Crippen molar-refractivity contribution in [3.8, 4) is 5.75 Å². The summed E-state index contributed by atoms with van der Waals surface area (Å²) in [5, 5.41) is 0. The first-order valence-corrected chi connectivity index (χ1v) is 7.38. The van der Waals surface area contributed by atoms with E-state index in [2.05, 4.69) is 18.8 Å². The van der Waals surface area contributed by atoms with E-state index in [1.165, 1.54) is 25.7 Å². The number of hydrogen-bond acceptors (Lipinski definition) is 2. The molecule has 0 amide bonds. The Balaban J connectivity index is 2.57. The number of nitrogens with zero attached hydrogens (tertiary/aromatic N) is 1. The van der Waals surface area contributed by atoms with Crippen LogP contribution in [0.25, 0.3) is 0 Å². The second-order valence-electron chi connectivity index (χ2n) is 4.79. The SMILES string of the molecule is CCCCC(CC)COc1cc(C)ncc1CCl. The minimum atomic E-state index is 0.453. The van der Waals surface area contributed by atoms with E-state index in [9.17, 15) is 0 Å². The van der Waals surface area contributed by atoms with Gasteiger partial charge >= 0.3 is 0 Å². The summed E-state index contributed by atoms with van der Waals surface area (Å²) in [4.78, 5) is 4.24. The van der Waals surface area contributed by atoms with Crippen molar-refractivity contribution in [1.82, 2.24) is 4.98 Å². The number of unbranched alkanes of at least 4 members (excludes halogenated alkanes) is 1. The molecule has 0 bridgehead atoms. The maximum absolute atomic E-state index is 5.93. The summed E-state index contributed by atoms with van der Waals surface area (Å²) in [7, 11) is 0. The van der Waals surface area contributed by atoms with Gasteiger partial charge in [-0.05, 0) is 19.3 Å². The van der Waals surface area contributed by atoms with Gasteiger partial charge < -0.3 is 4.74 Å². The number of ether oxygens (including phenoxy) is 1. The van der Waals surface area contributed by atoms with Gasteiger partial charge in [0, 0.05) is 23.5 Å². The van der Waals surface area contributed by atoms with Crippen molar-refractivity contribution in [3.63, 3.8) is 0 Å². The summed E-state index contributed by atoms with van der Waals surface area (Å²) in [6, 6.07) is 1.98. The normalized spacial score (nSPS) is 12.4. The van der Waals surface area contributed by atoms with Crippen molar-refractivity contribution in [3.05, 3.63) is 23.5 Å². The van der Waals surface area contributed by atoms with Crippen LogP contribution in [0.2, 0.25) is 0 Å². The van der Waals surface area contributed by atoms with Crippen LogP contribution in [0, 0.1) is 12.8 Å². The largest absolute Gasteiger partial charge is 0.493 e. The molecule has 0 aliphatic heterocycles. The molecule has 0 spiro atoms. The lowest BCUT2D eigenvalue weighted by Crippen LogP contribution is -2.12. The molecule has 18 heavy (non-hydrogen) atoms. The molecule has 3 heteroatoms. The van der Waals surface area contributed by atoms with Crippen molar-refractivity contribution in [2.75, 3.05) is 6.61 Å². The average Bonchev–Trinajstić information content (AvgIpc) is 2.39. The first-order valence-electron chi connectivity index (χ1n) is 6.85. The van der Waals surface area contributed by atoms with E-state index in [0.717, 1.165) is 23.6 Å². The van der Waals surface area contributed by atoms with Gasteiger partial charge in [0.2, 0.25) is 0 Å². The molecule has 0 radical (unpaired) electrons. The van der Waals surface area contributed by atoms with Crippen LogP contribution in [0.4, 0.5) is 0 Å². The predicted molar refractivity (Wildman–Crippen MR) is 77.3 cm³/mol. The highest BCUT2D eigenvalue weighted by Crippen LogP contribution is 2.22. The third-order valence-corrected chi connectivity index (χ3v) is 3.53. The quantitative estimate of drug-likeness (QED) is 0.637. The van der Waals surface area contributed by atoms with E-state index < -0.39 is 0 Å². The number of alkyl halides is 1. The lowest BCUT2D eigenvalue weighted by atomic mass is 10.0. The third-order valence-electron chi connectivity index (χ3n) is 3.24. The zero-order valence-electron chi connectivity index (χ0n) is 11.7. The zero-order chi connectivity index (χ0) is 13.4. The van der Waals surface area contributed by atoms with Crippen LogP contribution >= 0.6 is 11.6 Å². The first-order chi connectivity index (χ1) is 8.71. The Bertz CT molecular complexity index is 354. The second-order valence-corrected chi connectivity index (χ2v) is 5.06. The molecule has 0 N–H and O–H groups in total. The van der Waals surface area contributed by atoms with Gasteiger partial charge in [0.1, 0.15) is 5.75 Å². The van der Waals surface area contributed by atoms with Gasteiger partial charge in [-0.15, -0.1) is 11.6 Å². The summed E-state index contributed by atoms with van der Waals surface area (Å²) in [6.45, 7) is 7.21. The van der Waals surface area contributed by atoms with Crippen LogP contribution < -0.4 is 4.74 Å². The van der Waals surface area contributed by atoms with Crippen molar-refractivity contribution in [2.45, 2.75) is 52.3 Å². The highest BCUT2D eigenvalue weighted by molar-refractivity contribution is 6.17. The number of rotatable bonds is 8. The molecule has 0 aromatic carbocycles. The van der Waals surface area contributed by atoms with Crippen molar-refractivity contribution in [2.24, 2.45) is 5.92 Å². The molecule has 0 fully saturated rings. The van der Waals surface area contributed by atoms with Gasteiger partial charge in [0.25, 0.3) is 0 Å². The van der Waals surface area contributed by atoms with Crippen LogP contribution in [0.15, 0.2) is 12.3 Å². The van der Waals surface area contributed by atoms with Gasteiger partial charge in [0.15, 0.2) is 0 Å². The Kier molecular flexibility index (Phi) is 7.11. The molecule has 1 aromatic rings. The molecule has 0 saturated heterocycles. The Labute approximate surface area is 116 Å². The maximum atomic E-state index is 5.93. The van der Waals surface area contributed by atoms with Crippen LogP contribution in [-0.4, -0.2) is 11.6 Å². The first kappa shape index (κ1) is 15.3. The summed E-state index contributed by atoms with van der Waals surface area (Å²) in [5.41, 5.74) is 1.95. The fraction of sp³-hybridized carbons (Fsp3) is 0.667. The third kappa shape index (κ3) is 4.85. The van der Waals surface area contributed by atoms with Gasteiger partial charge in [-0.25, -0.2) is 0 Å². The molecule has 1 unspecified atom stereocenters. The Hall–Kier alpha value is -0.760. The molecule has 1 heterocycles. The lowest BCUT2D eigenvalue weighted by Gasteiger charge is -2.17. The number of aromatic nitrogens is 1. The molecule has 1 rings (SSSR count). The van der Waals surface area contributed by atoms with E-state index >= 15 is 0 Å². The van der Waals surface area contributed by atoms with Gasteiger partial charge in [0.05, 0.1) is 12.5 Å². The molecule has 1 atom stereocenters. The highest BCUT2D eigenvalue weighted by atomic mass is 35.5. The summed E-state index contributed by atoms with van der Waals surface area (Å²) < 4.78 is 5.93. The standard InChI is InChI=1S/C15H24ClNO/c1-4-6-7-13(5-2)11-18-15-8-12(3)17-10-14(15)9-16/h8,10,13H,4-7,9,11H2,1-3H3. The Morgan fingerprint density at radius 3 is 2.78 bits per heavy atom. The van der Waals surface area contributed by atoms with E-state index in [4.69, 9.17) is 16.3 Å². The number of hydrogen-bond donors (Lipinski definition) is 0. The number of halogens is 1. The van der Waals surface area contributed by atoms with E-state index in [1.807, 2.05) is 19.2 Å². The number of pyridine rings is 1. The van der Waals surface area contributed by atoms with Gasteiger partial charge in [-0.3, -0.25) is 4.98 Å². The minimum absolute atomic E-state index is 0.453. The second kappa shape index (κ2) is 8.36. The van der Waals surface area contributed by atoms with Crippen molar-refractivity contribution >= 4 is 11.6 Å². The van der Waals surface area contributed by atoms with Gasteiger partial charge in [-0.2, -0.15) is 0 Å². The molecule has 102 valence electrons. The van der Waals surface area contributed by atoms with Crippen LogP contribution in [-0.2, 0) is 5.88 Å². The Morgan fingerprint density at radius 2 is 2.17 bits per heavy atom. The molecule has 2 nitrogen and oxygen atoms in total. The van der Waals surface area contributed by atoms with Crippen LogP contribution in [0.3, 0.4) is 0 Å². The monoisotopic (exact) mass is 269 g/mol. The predicted octanol–water partition coefficient (Wildman–Crippen LogP) is 4.72. The zero-order valence-corrected chi connectivity index (χ0v) is 12.5. The van der Waals surface area contributed by atoms with Crippen molar-refractivity contribution in [1.29, 1.82) is 0 Å². The molecule has 1 aromatic heterocycles. The van der Waals surface area contributed by atoms with Crippen molar-refractivity contribution < 1.29 is 4.74 Å². The fourth-order valence-corrected chi connectivity index (χ4v) is 2.10. The maximum Gasteiger partial charge on any atom is 0.127 e. The topological polar surface area (TPSA) is 22.1 Å². The molecule has 0 aliphatic carbocycles. The lowest BCUT2D eigenvalue weighted by molar-refractivity contribution is 0.231. The highest BCUT2D eigenvalue weighted by Gasteiger charge is 2.09. The van der Waals surface area contributed by atoms with E-state index in [1.54, 1.807) is 0 Å². The minimum Gasteiger partial charge on any atom is -0.493 e. The Morgan fingerprint density at radius 1 is 1.39 bits per heavy atom. The molecule has 0 saturated carbocycles. The fourth-order valence-electron chi connectivity index (χ4n) is 1.90. The summed E-state index contributed by atoms with van der Waals surface area (Å²) >= 11 is 5.90. The molecular formula is C15H24ClNO. The smallest absolute Gasteiger partial charge is 0.127 e. The van der Waals surface area contributed by atoms with E-state index in [-0.39, 0.29) is 0 Å². The number of aryl methyl sites for hydroxylation is 1. The summed E-state index contributed by atoms with van der Waals surface area (Å²) in [5.74, 6) is 1.99. The molecule has 0 aliphatic rings. The van der Waals surface area contributed by atoms with Crippen LogP contribution in [0.1, 0.15) is 50.8 Å². The van der Waals surface area contributed by atoms with E-state index in [0.29, 0.717) is 11.8 Å². The van der Waals surface area contributed by atoms with Crippen LogP contribution in [0.5, 0.6) is 5.75 Å². The summed E-state index contributed by atoms with van der Waals surface area (Å²) in [6.07, 6.45) is 6.75. The average molecular weight is 270 g/mol. The molecular weight excluding hydrogens is 246 g/mol.